The molecule has 7 nitrogen and oxygen atoms in total. The van der Waals surface area contributed by atoms with Gasteiger partial charge in [-0.15, -0.1) is 12.4 Å². The SMILES string of the molecule is CCCS(=O)(=O)N1CCN(C2(C(N)(Cl)NC(=O)c3ccccc3)CCC2)CC1.Cl. The number of benzene rings is 1. The summed E-state index contributed by atoms with van der Waals surface area (Å²) in [5, 5.41) is 1.38. The molecule has 0 radical (unpaired) electrons. The fourth-order valence-corrected chi connectivity index (χ4v) is 6.03. The summed E-state index contributed by atoms with van der Waals surface area (Å²) in [4.78, 5) is 14.8. The molecule has 0 bridgehead atoms. The van der Waals surface area contributed by atoms with E-state index in [1.807, 2.05) is 13.0 Å². The summed E-state index contributed by atoms with van der Waals surface area (Å²) in [5.41, 5.74) is 6.39. The van der Waals surface area contributed by atoms with Gasteiger partial charge < -0.3 is 5.32 Å². The lowest BCUT2D eigenvalue weighted by Crippen LogP contribution is -2.77. The van der Waals surface area contributed by atoms with Crippen LogP contribution in [0.5, 0.6) is 0 Å². The molecule has 29 heavy (non-hydrogen) atoms. The highest BCUT2D eigenvalue weighted by Crippen LogP contribution is 2.46. The van der Waals surface area contributed by atoms with E-state index in [-0.39, 0.29) is 24.1 Å². The zero-order valence-electron chi connectivity index (χ0n) is 16.6. The minimum Gasteiger partial charge on any atom is -0.320 e. The zero-order valence-corrected chi connectivity index (χ0v) is 19.0. The number of alkyl halides is 1. The van der Waals surface area contributed by atoms with Gasteiger partial charge in [-0.05, 0) is 37.8 Å². The number of carbonyl (C=O) groups is 1. The molecule has 1 aliphatic carbocycles. The molecule has 2 fully saturated rings. The maximum Gasteiger partial charge on any atom is 0.253 e. The van der Waals surface area contributed by atoms with E-state index < -0.39 is 20.7 Å². The van der Waals surface area contributed by atoms with Crippen molar-refractivity contribution in [2.45, 2.75) is 43.3 Å². The predicted molar refractivity (Wildman–Crippen MR) is 118 cm³/mol. The van der Waals surface area contributed by atoms with Gasteiger partial charge in [0.1, 0.15) is 0 Å². The lowest BCUT2D eigenvalue weighted by atomic mass is 9.72. The Balaban J connectivity index is 0.00000300. The lowest BCUT2D eigenvalue weighted by Gasteiger charge is -2.58. The molecule has 1 saturated heterocycles. The van der Waals surface area contributed by atoms with Gasteiger partial charge in [-0.2, -0.15) is 4.31 Å². The summed E-state index contributed by atoms with van der Waals surface area (Å²) >= 11 is 6.72. The van der Waals surface area contributed by atoms with Gasteiger partial charge in [0.25, 0.3) is 5.91 Å². The summed E-state index contributed by atoms with van der Waals surface area (Å²) in [5.74, 6) is -0.143. The Morgan fingerprint density at radius 3 is 2.28 bits per heavy atom. The van der Waals surface area contributed by atoms with E-state index in [9.17, 15) is 13.2 Å². The number of piperazine rings is 1. The van der Waals surface area contributed by atoms with Crippen molar-refractivity contribution in [1.82, 2.24) is 14.5 Å². The number of amides is 1. The first kappa shape index (κ1) is 24.4. The molecule has 0 spiro atoms. The van der Waals surface area contributed by atoms with Gasteiger partial charge in [-0.3, -0.25) is 15.4 Å². The zero-order chi connectivity index (χ0) is 20.4. The number of carbonyl (C=O) groups excluding carboxylic acids is 1. The van der Waals surface area contributed by atoms with Crippen LogP contribution in [0.1, 0.15) is 43.0 Å². The van der Waals surface area contributed by atoms with Crippen LogP contribution in [0.25, 0.3) is 0 Å². The number of halogens is 2. The number of nitrogens with one attached hydrogen (secondary N) is 1. The third-order valence-electron chi connectivity index (χ3n) is 5.89. The second-order valence-electron chi connectivity index (χ2n) is 7.62. The van der Waals surface area contributed by atoms with E-state index in [2.05, 4.69) is 10.2 Å². The highest BCUT2D eigenvalue weighted by atomic mass is 35.5. The molecule has 3 N–H and O–H groups in total. The third kappa shape index (κ3) is 4.89. The van der Waals surface area contributed by atoms with Gasteiger partial charge in [-0.25, -0.2) is 8.42 Å². The molecule has 0 aromatic heterocycles. The molecule has 3 rings (SSSR count). The van der Waals surface area contributed by atoms with Crippen LogP contribution in [0.3, 0.4) is 0 Å². The van der Waals surface area contributed by atoms with Crippen LogP contribution in [-0.2, 0) is 10.0 Å². The van der Waals surface area contributed by atoms with E-state index in [0.717, 1.165) is 19.3 Å². The number of sulfonamides is 1. The van der Waals surface area contributed by atoms with Gasteiger partial charge >= 0.3 is 0 Å². The Hall–Kier alpha value is -0.900. The van der Waals surface area contributed by atoms with Crippen LogP contribution < -0.4 is 11.1 Å². The number of hydrogen-bond acceptors (Lipinski definition) is 5. The van der Waals surface area contributed by atoms with Crippen molar-refractivity contribution >= 4 is 39.9 Å². The topological polar surface area (TPSA) is 95.7 Å². The van der Waals surface area contributed by atoms with Crippen LogP contribution in [0.2, 0.25) is 0 Å². The number of nitrogens with two attached hydrogens (primary N) is 1. The fraction of sp³-hybridized carbons (Fsp3) is 0.632. The van der Waals surface area contributed by atoms with Crippen LogP contribution in [0.15, 0.2) is 30.3 Å². The van der Waals surface area contributed by atoms with Gasteiger partial charge in [0.2, 0.25) is 10.0 Å². The van der Waals surface area contributed by atoms with Crippen molar-refractivity contribution in [3.8, 4) is 0 Å². The first-order chi connectivity index (χ1) is 13.2. The maximum absolute atomic E-state index is 12.6. The van der Waals surface area contributed by atoms with Crippen LogP contribution in [-0.4, -0.2) is 66.1 Å². The Morgan fingerprint density at radius 2 is 1.79 bits per heavy atom. The molecule has 10 heteroatoms. The van der Waals surface area contributed by atoms with E-state index in [1.54, 1.807) is 28.6 Å². The van der Waals surface area contributed by atoms with Crippen LogP contribution in [0, 0.1) is 0 Å². The van der Waals surface area contributed by atoms with Crippen molar-refractivity contribution in [3.05, 3.63) is 35.9 Å². The third-order valence-corrected chi connectivity index (χ3v) is 8.41. The highest BCUT2D eigenvalue weighted by molar-refractivity contribution is 7.89. The normalized spacial score (nSPS) is 22.0. The van der Waals surface area contributed by atoms with Gasteiger partial charge in [-0.1, -0.05) is 36.7 Å². The molecule has 1 saturated carbocycles. The molecule has 164 valence electrons. The molecular formula is C19H30Cl2N4O3S. The second kappa shape index (κ2) is 9.49. The molecular weight excluding hydrogens is 435 g/mol. The van der Waals surface area contributed by atoms with Gasteiger partial charge in [0.05, 0.1) is 11.3 Å². The van der Waals surface area contributed by atoms with Crippen molar-refractivity contribution in [2.75, 3.05) is 31.9 Å². The lowest BCUT2D eigenvalue weighted by molar-refractivity contribution is -0.0440. The Kier molecular flexibility index (Phi) is 7.98. The molecule has 2 aliphatic rings. The van der Waals surface area contributed by atoms with Gasteiger partial charge in [0.15, 0.2) is 5.12 Å². The Labute approximate surface area is 184 Å². The highest BCUT2D eigenvalue weighted by Gasteiger charge is 2.57. The predicted octanol–water partition coefficient (Wildman–Crippen LogP) is 1.97. The van der Waals surface area contributed by atoms with E-state index >= 15 is 0 Å². The first-order valence-corrected chi connectivity index (χ1v) is 11.8. The molecule has 1 aliphatic heterocycles. The molecule has 1 aromatic carbocycles. The smallest absolute Gasteiger partial charge is 0.253 e. The number of hydrogen-bond donors (Lipinski definition) is 2. The average molecular weight is 465 g/mol. The molecule has 1 heterocycles. The Bertz CT molecular complexity index is 793. The van der Waals surface area contributed by atoms with E-state index in [1.165, 1.54) is 0 Å². The summed E-state index contributed by atoms with van der Waals surface area (Å²) in [6, 6.07) is 8.85. The van der Waals surface area contributed by atoms with Crippen molar-refractivity contribution in [1.29, 1.82) is 0 Å². The summed E-state index contributed by atoms with van der Waals surface area (Å²) in [7, 11) is -3.21. The Morgan fingerprint density at radius 1 is 1.21 bits per heavy atom. The van der Waals surface area contributed by atoms with E-state index in [4.69, 9.17) is 17.3 Å². The first-order valence-electron chi connectivity index (χ1n) is 9.80. The molecule has 1 amide bonds. The van der Waals surface area contributed by atoms with Crippen molar-refractivity contribution in [2.24, 2.45) is 5.73 Å². The summed E-state index contributed by atoms with van der Waals surface area (Å²) in [6.45, 7) is 3.81. The standard InChI is InChI=1S/C19H29ClN4O3S.ClH/c1-2-15-28(26,27)24-13-11-23(12-14-24)18(9-6-10-18)19(20,21)22-17(25)16-7-4-3-5-8-16;/h3-5,7-8H,2,6,9-15,21H2,1H3,(H,22,25);1H. The van der Waals surface area contributed by atoms with E-state index in [0.29, 0.717) is 38.2 Å². The molecule has 1 atom stereocenters. The number of nitrogens with zero attached hydrogens (tertiary/aromatic N) is 2. The van der Waals surface area contributed by atoms with Crippen molar-refractivity contribution < 1.29 is 13.2 Å². The average Bonchev–Trinajstić information content (AvgIpc) is 2.61. The minimum atomic E-state index is -3.21. The number of rotatable bonds is 7. The van der Waals surface area contributed by atoms with Crippen LogP contribution in [0.4, 0.5) is 0 Å². The second-order valence-corrected chi connectivity index (χ2v) is 10.3. The summed E-state index contributed by atoms with van der Waals surface area (Å²) in [6.07, 6.45) is 3.11. The largest absolute Gasteiger partial charge is 0.320 e. The fourth-order valence-electron chi connectivity index (χ4n) is 4.15. The maximum atomic E-state index is 12.6. The van der Waals surface area contributed by atoms with Crippen molar-refractivity contribution in [3.63, 3.8) is 0 Å². The molecule has 1 unspecified atom stereocenters. The van der Waals surface area contributed by atoms with Gasteiger partial charge in [0, 0.05) is 31.7 Å². The quantitative estimate of drug-likeness (QED) is 0.365. The van der Waals surface area contributed by atoms with Crippen LogP contribution >= 0.6 is 24.0 Å². The minimum absolute atomic E-state index is 0. The monoisotopic (exact) mass is 464 g/mol. The summed E-state index contributed by atoms with van der Waals surface area (Å²) < 4.78 is 26.2. The molecule has 1 aromatic rings.